The summed E-state index contributed by atoms with van der Waals surface area (Å²) < 4.78 is 30.5. The summed E-state index contributed by atoms with van der Waals surface area (Å²) in [5.41, 5.74) is -1.40. The zero-order valence-corrected chi connectivity index (χ0v) is 19.8. The maximum atomic E-state index is 14.0. The van der Waals surface area contributed by atoms with Gasteiger partial charge < -0.3 is 14.2 Å². The van der Waals surface area contributed by atoms with E-state index in [0.717, 1.165) is 4.90 Å². The van der Waals surface area contributed by atoms with E-state index in [2.05, 4.69) is 0 Å². The number of hydrogen-bond donors (Lipinski definition) is 0. The number of ether oxygens (including phenoxy) is 3. The van der Waals surface area contributed by atoms with Gasteiger partial charge in [-0.15, -0.1) is 0 Å². The quantitative estimate of drug-likeness (QED) is 0.398. The van der Waals surface area contributed by atoms with Gasteiger partial charge in [0.05, 0.1) is 37.8 Å². The van der Waals surface area contributed by atoms with E-state index in [9.17, 15) is 23.6 Å². The van der Waals surface area contributed by atoms with Crippen LogP contribution in [0.5, 0.6) is 11.5 Å². The van der Waals surface area contributed by atoms with Crippen molar-refractivity contribution < 1.29 is 37.8 Å². The van der Waals surface area contributed by atoms with E-state index < -0.39 is 52.7 Å². The molecule has 0 N–H and O–H groups in total. The smallest absolute Gasteiger partial charge is 0.241 e. The Balaban J connectivity index is 1.54. The molecule has 3 aromatic rings. The zero-order valence-electron chi connectivity index (χ0n) is 19.8. The number of nitrogens with zero attached hydrogens (tertiary/aromatic N) is 1. The molecule has 2 saturated heterocycles. The first-order chi connectivity index (χ1) is 17.8. The number of fused-ring (bicyclic) bond motifs is 3. The number of amides is 2. The first kappa shape index (κ1) is 23.1. The second-order valence-corrected chi connectivity index (χ2v) is 9.12. The van der Waals surface area contributed by atoms with Gasteiger partial charge in [0.15, 0.2) is 0 Å². The fraction of sp³-hybridized carbons (Fsp3) is 0.214. The van der Waals surface area contributed by atoms with Crippen LogP contribution in [0.1, 0.15) is 32.4 Å². The summed E-state index contributed by atoms with van der Waals surface area (Å²) >= 11 is 0. The Labute approximate surface area is 210 Å². The van der Waals surface area contributed by atoms with Crippen LogP contribution < -0.4 is 14.4 Å². The number of anilines is 1. The highest BCUT2D eigenvalue weighted by molar-refractivity contribution is 6.37. The molecule has 1 spiro atoms. The molecule has 0 bridgehead atoms. The van der Waals surface area contributed by atoms with Crippen LogP contribution in [-0.4, -0.2) is 43.2 Å². The van der Waals surface area contributed by atoms with Crippen molar-refractivity contribution in [2.75, 3.05) is 19.1 Å². The first-order valence-corrected chi connectivity index (χ1v) is 11.5. The molecule has 1 aliphatic carbocycles. The van der Waals surface area contributed by atoms with Gasteiger partial charge in [-0.25, -0.2) is 9.29 Å². The average Bonchev–Trinajstić information content (AvgIpc) is 3.48. The fourth-order valence-corrected chi connectivity index (χ4v) is 5.65. The molecule has 0 aromatic heterocycles. The number of Topliss-reactive ketones (excluding diaryl/α,β-unsaturated/α-hetero) is 2. The summed E-state index contributed by atoms with van der Waals surface area (Å²) in [6, 6.07) is 16.0. The maximum absolute atomic E-state index is 14.0. The summed E-state index contributed by atoms with van der Waals surface area (Å²) in [6.07, 6.45) is -1.14. The molecule has 2 amide bonds. The number of benzene rings is 3. The average molecular weight is 501 g/mol. The van der Waals surface area contributed by atoms with Crippen molar-refractivity contribution in [3.63, 3.8) is 0 Å². The molecule has 3 aromatic carbocycles. The molecule has 2 fully saturated rings. The van der Waals surface area contributed by atoms with Crippen molar-refractivity contribution in [2.24, 2.45) is 11.8 Å². The van der Waals surface area contributed by atoms with Gasteiger partial charge in [0.2, 0.25) is 29.0 Å². The molecule has 0 radical (unpaired) electrons. The maximum Gasteiger partial charge on any atom is 0.241 e. The minimum atomic E-state index is -2.21. The molecule has 2 heterocycles. The third kappa shape index (κ3) is 3.04. The van der Waals surface area contributed by atoms with Crippen molar-refractivity contribution in [2.45, 2.75) is 11.7 Å². The third-order valence-electron chi connectivity index (χ3n) is 7.31. The van der Waals surface area contributed by atoms with Crippen LogP contribution in [0.3, 0.4) is 0 Å². The molecule has 2 aliphatic heterocycles. The zero-order chi connectivity index (χ0) is 26.1. The molecule has 9 heteroatoms. The van der Waals surface area contributed by atoms with Gasteiger partial charge >= 0.3 is 0 Å². The van der Waals surface area contributed by atoms with Crippen LogP contribution in [0.15, 0.2) is 66.7 Å². The number of halogens is 1. The van der Waals surface area contributed by atoms with E-state index in [-0.39, 0.29) is 16.8 Å². The minimum absolute atomic E-state index is 0.132. The molecular formula is C28H20FNO7. The summed E-state index contributed by atoms with van der Waals surface area (Å²) in [5.74, 6) is -5.17. The highest BCUT2D eigenvalue weighted by Gasteiger charge is 2.74. The third-order valence-corrected chi connectivity index (χ3v) is 7.31. The van der Waals surface area contributed by atoms with Gasteiger partial charge in [-0.1, -0.05) is 36.4 Å². The lowest BCUT2D eigenvalue weighted by molar-refractivity contribution is -0.127. The first-order valence-electron chi connectivity index (χ1n) is 11.5. The molecule has 0 unspecified atom stereocenters. The number of imide groups is 1. The predicted molar refractivity (Wildman–Crippen MR) is 127 cm³/mol. The van der Waals surface area contributed by atoms with E-state index in [1.165, 1.54) is 62.8 Å². The van der Waals surface area contributed by atoms with Gasteiger partial charge in [-0.2, -0.15) is 0 Å². The van der Waals surface area contributed by atoms with E-state index in [1.54, 1.807) is 18.2 Å². The van der Waals surface area contributed by atoms with Gasteiger partial charge in [0.25, 0.3) is 0 Å². The van der Waals surface area contributed by atoms with Crippen LogP contribution in [0.2, 0.25) is 0 Å². The van der Waals surface area contributed by atoms with E-state index in [0.29, 0.717) is 17.1 Å². The van der Waals surface area contributed by atoms with Gasteiger partial charge in [0.1, 0.15) is 17.3 Å². The van der Waals surface area contributed by atoms with Crippen LogP contribution in [0.4, 0.5) is 10.1 Å². The van der Waals surface area contributed by atoms with E-state index in [4.69, 9.17) is 14.2 Å². The Morgan fingerprint density at radius 2 is 1.38 bits per heavy atom. The van der Waals surface area contributed by atoms with Crippen molar-refractivity contribution in [3.05, 3.63) is 89.2 Å². The number of ketones is 2. The Morgan fingerprint density at radius 3 is 1.92 bits per heavy atom. The minimum Gasteiger partial charge on any atom is -0.497 e. The number of methoxy groups -OCH3 is 2. The Kier molecular flexibility index (Phi) is 5.03. The van der Waals surface area contributed by atoms with Gasteiger partial charge in [-0.05, 0) is 17.7 Å². The number of carbonyl (C=O) groups is 4. The molecule has 0 saturated carbocycles. The number of carbonyl (C=O) groups excluding carboxylic acids is 4. The lowest BCUT2D eigenvalue weighted by atomic mass is 9.77. The fourth-order valence-electron chi connectivity index (χ4n) is 5.65. The monoisotopic (exact) mass is 501 g/mol. The highest BCUT2D eigenvalue weighted by Crippen LogP contribution is 2.57. The molecule has 37 heavy (non-hydrogen) atoms. The molecular weight excluding hydrogens is 481 g/mol. The highest BCUT2D eigenvalue weighted by atomic mass is 19.1. The van der Waals surface area contributed by atoms with Crippen molar-refractivity contribution in [3.8, 4) is 11.5 Å². The second-order valence-electron chi connectivity index (χ2n) is 9.12. The SMILES string of the molecule is COc1cc(OC)cc(N2C(=O)[C@H]3[C@@H](C2=O)C2(O[C@H]3c3ccc(F)cc3)C(=O)c3ccccc3C2=O)c1. The van der Waals surface area contributed by atoms with Gasteiger partial charge in [0, 0.05) is 29.3 Å². The number of rotatable bonds is 4. The molecule has 186 valence electrons. The predicted octanol–water partition coefficient (Wildman–Crippen LogP) is 3.54. The van der Waals surface area contributed by atoms with Crippen molar-refractivity contribution >= 4 is 29.1 Å². The van der Waals surface area contributed by atoms with Crippen LogP contribution in [-0.2, 0) is 14.3 Å². The number of hydrogen-bond acceptors (Lipinski definition) is 7. The van der Waals surface area contributed by atoms with Crippen molar-refractivity contribution in [1.82, 2.24) is 0 Å². The standard InChI is InChI=1S/C28H20FNO7/c1-35-17-11-16(12-18(13-17)36-2)30-26(33)21-22(27(30)34)28(37-23(21)14-7-9-15(29)10-8-14)24(31)19-5-3-4-6-20(19)25(28)32/h3-13,21-23H,1-2H3/t21-,22-,23-/m0/s1. The van der Waals surface area contributed by atoms with Gasteiger partial charge in [-0.3, -0.25) is 19.2 Å². The normalized spacial score (nSPS) is 23.5. The topological polar surface area (TPSA) is 99.2 Å². The Morgan fingerprint density at radius 1 is 0.811 bits per heavy atom. The summed E-state index contributed by atoms with van der Waals surface area (Å²) in [5, 5.41) is 0. The summed E-state index contributed by atoms with van der Waals surface area (Å²) in [6.45, 7) is 0. The lowest BCUT2D eigenvalue weighted by Crippen LogP contribution is -2.51. The second kappa shape index (κ2) is 8.07. The molecule has 3 atom stereocenters. The lowest BCUT2D eigenvalue weighted by Gasteiger charge is -2.27. The summed E-state index contributed by atoms with van der Waals surface area (Å²) in [7, 11) is 2.86. The Bertz CT molecular complexity index is 1440. The summed E-state index contributed by atoms with van der Waals surface area (Å²) in [4.78, 5) is 56.4. The van der Waals surface area contributed by atoms with Crippen LogP contribution >= 0.6 is 0 Å². The van der Waals surface area contributed by atoms with E-state index in [1.807, 2.05) is 0 Å². The van der Waals surface area contributed by atoms with Crippen molar-refractivity contribution in [1.29, 1.82) is 0 Å². The Hall–Kier alpha value is -4.37. The largest absolute Gasteiger partial charge is 0.497 e. The molecule has 3 aliphatic rings. The molecule has 6 rings (SSSR count). The van der Waals surface area contributed by atoms with Crippen LogP contribution in [0.25, 0.3) is 0 Å². The van der Waals surface area contributed by atoms with E-state index >= 15 is 0 Å². The molecule has 8 nitrogen and oxygen atoms in total. The van der Waals surface area contributed by atoms with Crippen LogP contribution in [0, 0.1) is 17.7 Å².